The zero-order chi connectivity index (χ0) is 14.0. The molecule has 0 radical (unpaired) electrons. The molecule has 1 heterocycles. The zero-order valence-electron chi connectivity index (χ0n) is 9.99. The molecule has 0 aromatic heterocycles. The van der Waals surface area contributed by atoms with Crippen LogP contribution in [0.15, 0.2) is 24.3 Å². The molecule has 1 atom stereocenters. The highest BCUT2D eigenvalue weighted by molar-refractivity contribution is 6.30. The van der Waals surface area contributed by atoms with Crippen molar-refractivity contribution < 1.29 is 19.8 Å². The van der Waals surface area contributed by atoms with Gasteiger partial charge in [-0.2, -0.15) is 0 Å². The Labute approximate surface area is 114 Å². The normalized spacial score (nSPS) is 19.3. The predicted molar refractivity (Wildman–Crippen MR) is 69.8 cm³/mol. The van der Waals surface area contributed by atoms with Crippen LogP contribution in [-0.2, 0) is 4.79 Å². The predicted octanol–water partition coefficient (Wildman–Crippen LogP) is 1.59. The van der Waals surface area contributed by atoms with Crippen molar-refractivity contribution in [2.24, 2.45) is 0 Å². The fourth-order valence-electron chi connectivity index (χ4n) is 2.11. The summed E-state index contributed by atoms with van der Waals surface area (Å²) in [5.41, 5.74) is 0.724. The molecule has 0 spiro atoms. The number of carbonyl (C=O) groups is 2. The third kappa shape index (κ3) is 2.90. The number of benzene rings is 1. The maximum Gasteiger partial charge on any atom is 0.407 e. The second-order valence-corrected chi connectivity index (χ2v) is 4.69. The van der Waals surface area contributed by atoms with Crippen LogP contribution < -0.4 is 4.90 Å². The fourth-order valence-corrected chi connectivity index (χ4v) is 2.24. The van der Waals surface area contributed by atoms with Crippen LogP contribution in [0, 0.1) is 0 Å². The highest BCUT2D eigenvalue weighted by Crippen LogP contribution is 2.23. The lowest BCUT2D eigenvalue weighted by Crippen LogP contribution is -2.57. The van der Waals surface area contributed by atoms with Crippen molar-refractivity contribution in [2.75, 3.05) is 24.5 Å². The SMILES string of the molecule is O=C(O)C1CN(C(=O)O)CCN1c1ccc(Cl)cc1. The van der Waals surface area contributed by atoms with Crippen molar-refractivity contribution in [1.29, 1.82) is 0 Å². The van der Waals surface area contributed by atoms with E-state index in [1.165, 1.54) is 0 Å². The Balaban J connectivity index is 2.22. The van der Waals surface area contributed by atoms with Gasteiger partial charge in [-0.1, -0.05) is 11.6 Å². The molecule has 2 rings (SSSR count). The summed E-state index contributed by atoms with van der Waals surface area (Å²) in [5.74, 6) is -1.04. The van der Waals surface area contributed by atoms with Crippen molar-refractivity contribution in [1.82, 2.24) is 4.90 Å². The number of hydrogen-bond donors (Lipinski definition) is 2. The first-order valence-corrected chi connectivity index (χ1v) is 6.09. The van der Waals surface area contributed by atoms with E-state index in [0.717, 1.165) is 10.6 Å². The molecule has 0 aliphatic carbocycles. The Morgan fingerprint density at radius 3 is 2.32 bits per heavy atom. The molecule has 2 N–H and O–H groups in total. The van der Waals surface area contributed by atoms with E-state index in [-0.39, 0.29) is 13.1 Å². The molecule has 1 fully saturated rings. The maximum atomic E-state index is 11.3. The molecule has 6 nitrogen and oxygen atoms in total. The van der Waals surface area contributed by atoms with Gasteiger partial charge in [0.2, 0.25) is 0 Å². The third-order valence-electron chi connectivity index (χ3n) is 3.09. The first-order chi connectivity index (χ1) is 8.99. The average Bonchev–Trinajstić information content (AvgIpc) is 2.38. The van der Waals surface area contributed by atoms with E-state index < -0.39 is 18.1 Å². The highest BCUT2D eigenvalue weighted by Gasteiger charge is 2.34. The number of hydrogen-bond acceptors (Lipinski definition) is 3. The van der Waals surface area contributed by atoms with Crippen molar-refractivity contribution in [3.8, 4) is 0 Å². The van der Waals surface area contributed by atoms with E-state index in [1.807, 2.05) is 0 Å². The second kappa shape index (κ2) is 5.36. The minimum absolute atomic E-state index is 0.0483. The van der Waals surface area contributed by atoms with E-state index in [2.05, 4.69) is 0 Å². The van der Waals surface area contributed by atoms with Crippen LogP contribution >= 0.6 is 11.6 Å². The lowest BCUT2D eigenvalue weighted by molar-refractivity contribution is -0.139. The standard InChI is InChI=1S/C12H13ClN2O4/c13-8-1-3-9(4-2-8)15-6-5-14(12(18)19)7-10(15)11(16)17/h1-4,10H,5-7H2,(H,16,17)(H,18,19). The van der Waals surface area contributed by atoms with Crippen molar-refractivity contribution in [2.45, 2.75) is 6.04 Å². The molecule has 1 aromatic carbocycles. The smallest absolute Gasteiger partial charge is 0.407 e. The second-order valence-electron chi connectivity index (χ2n) is 4.25. The van der Waals surface area contributed by atoms with Gasteiger partial charge in [0.25, 0.3) is 0 Å². The summed E-state index contributed by atoms with van der Waals surface area (Å²) in [6.45, 7) is 0.569. The topological polar surface area (TPSA) is 81.1 Å². The summed E-state index contributed by atoms with van der Waals surface area (Å²) in [4.78, 5) is 25.0. The van der Waals surface area contributed by atoms with Gasteiger partial charge < -0.3 is 20.0 Å². The van der Waals surface area contributed by atoms with E-state index in [9.17, 15) is 14.7 Å². The van der Waals surface area contributed by atoms with E-state index in [0.29, 0.717) is 11.6 Å². The van der Waals surface area contributed by atoms with Crippen molar-refractivity contribution >= 4 is 29.4 Å². The molecule has 1 amide bonds. The lowest BCUT2D eigenvalue weighted by atomic mass is 10.1. The van der Waals surface area contributed by atoms with Crippen LogP contribution in [0.1, 0.15) is 0 Å². The number of carboxylic acid groups (broad SMARTS) is 2. The molecule has 102 valence electrons. The average molecular weight is 285 g/mol. The van der Waals surface area contributed by atoms with Gasteiger partial charge in [-0.25, -0.2) is 9.59 Å². The molecule has 1 aliphatic heterocycles. The first kappa shape index (κ1) is 13.5. The van der Waals surface area contributed by atoms with E-state index in [1.54, 1.807) is 29.2 Å². The van der Waals surface area contributed by atoms with E-state index >= 15 is 0 Å². The Kier molecular flexibility index (Phi) is 3.80. The Morgan fingerprint density at radius 2 is 1.79 bits per heavy atom. The van der Waals surface area contributed by atoms with E-state index in [4.69, 9.17) is 16.7 Å². The van der Waals surface area contributed by atoms with Crippen LogP contribution in [0.5, 0.6) is 0 Å². The molecule has 7 heteroatoms. The van der Waals surface area contributed by atoms with Crippen molar-refractivity contribution in [3.63, 3.8) is 0 Å². The number of anilines is 1. The number of halogens is 1. The summed E-state index contributed by atoms with van der Waals surface area (Å²) in [7, 11) is 0. The summed E-state index contributed by atoms with van der Waals surface area (Å²) in [6, 6.07) is 5.94. The summed E-state index contributed by atoms with van der Waals surface area (Å²) < 4.78 is 0. The monoisotopic (exact) mass is 284 g/mol. The lowest BCUT2D eigenvalue weighted by Gasteiger charge is -2.39. The third-order valence-corrected chi connectivity index (χ3v) is 3.35. The molecule has 1 aliphatic rings. The summed E-state index contributed by atoms with van der Waals surface area (Å²) >= 11 is 5.79. The van der Waals surface area contributed by atoms with Gasteiger partial charge in [0.05, 0.1) is 6.54 Å². The molecular weight excluding hydrogens is 272 g/mol. The first-order valence-electron chi connectivity index (χ1n) is 5.72. The number of rotatable bonds is 2. The van der Waals surface area contributed by atoms with Gasteiger partial charge in [-0.15, -0.1) is 0 Å². The fraction of sp³-hybridized carbons (Fsp3) is 0.333. The Hall–Kier alpha value is -1.95. The largest absolute Gasteiger partial charge is 0.480 e. The van der Waals surface area contributed by atoms with Gasteiger partial charge in [-0.05, 0) is 24.3 Å². The van der Waals surface area contributed by atoms with Gasteiger partial charge in [0, 0.05) is 23.8 Å². The minimum atomic E-state index is -1.10. The van der Waals surface area contributed by atoms with Crippen LogP contribution in [0.25, 0.3) is 0 Å². The number of aliphatic carboxylic acids is 1. The Bertz CT molecular complexity index is 491. The number of nitrogens with zero attached hydrogens (tertiary/aromatic N) is 2. The van der Waals surface area contributed by atoms with Crippen molar-refractivity contribution in [3.05, 3.63) is 29.3 Å². The van der Waals surface area contributed by atoms with Gasteiger partial charge >= 0.3 is 12.1 Å². The van der Waals surface area contributed by atoms with Crippen LogP contribution in [-0.4, -0.2) is 52.9 Å². The minimum Gasteiger partial charge on any atom is -0.480 e. The molecular formula is C12H13ClN2O4. The molecule has 0 bridgehead atoms. The Morgan fingerprint density at radius 1 is 1.16 bits per heavy atom. The van der Waals surface area contributed by atoms with Gasteiger partial charge in [0.15, 0.2) is 0 Å². The molecule has 0 saturated carbocycles. The van der Waals surface area contributed by atoms with Crippen LogP contribution in [0.4, 0.5) is 10.5 Å². The molecule has 1 saturated heterocycles. The van der Waals surface area contributed by atoms with Gasteiger partial charge in [-0.3, -0.25) is 0 Å². The zero-order valence-corrected chi connectivity index (χ0v) is 10.7. The summed E-state index contributed by atoms with van der Waals surface area (Å²) in [5, 5.41) is 18.7. The maximum absolute atomic E-state index is 11.3. The van der Waals surface area contributed by atoms with Gasteiger partial charge in [0.1, 0.15) is 6.04 Å². The number of carboxylic acids is 1. The molecule has 1 unspecified atom stereocenters. The number of amides is 1. The molecule has 1 aromatic rings. The highest BCUT2D eigenvalue weighted by atomic mass is 35.5. The van der Waals surface area contributed by atoms with Crippen LogP contribution in [0.2, 0.25) is 5.02 Å². The number of piperazine rings is 1. The van der Waals surface area contributed by atoms with Crippen LogP contribution in [0.3, 0.4) is 0 Å². The summed E-state index contributed by atoms with van der Waals surface area (Å²) in [6.07, 6.45) is -1.10. The quantitative estimate of drug-likeness (QED) is 0.862. The molecule has 19 heavy (non-hydrogen) atoms.